The van der Waals surface area contributed by atoms with Crippen LogP contribution in [0.15, 0.2) is 84.9 Å². The zero-order valence-electron chi connectivity index (χ0n) is 23.6. The summed E-state index contributed by atoms with van der Waals surface area (Å²) in [6.45, 7) is 1.74. The van der Waals surface area contributed by atoms with Gasteiger partial charge in [-0.25, -0.2) is 4.68 Å². The molecule has 0 aliphatic carbocycles. The van der Waals surface area contributed by atoms with Gasteiger partial charge in [0, 0.05) is 10.4 Å². The van der Waals surface area contributed by atoms with Crippen molar-refractivity contribution >= 4 is 46.2 Å². The Kier molecular flexibility index (Phi) is 6.74. The maximum Gasteiger partial charge on any atom is 0.245 e. The number of fused-ring (bicyclic) bond motifs is 2. The first-order valence-electron chi connectivity index (χ1n) is 14.5. The molecule has 1 spiro atoms. The molecule has 4 heterocycles. The number of aliphatic hydroxyl groups excluding tert-OH is 1. The van der Waals surface area contributed by atoms with E-state index in [1.54, 1.807) is 21.3 Å². The minimum absolute atomic E-state index is 0.0631. The lowest BCUT2D eigenvalue weighted by molar-refractivity contribution is -0.142. The topological polar surface area (TPSA) is 129 Å². The molecule has 0 radical (unpaired) electrons. The number of anilines is 1. The first-order valence-corrected chi connectivity index (χ1v) is 15.3. The average Bonchev–Trinajstić information content (AvgIpc) is 3.73. The van der Waals surface area contributed by atoms with Gasteiger partial charge in [-0.3, -0.25) is 14.4 Å². The maximum absolute atomic E-state index is 14.6. The van der Waals surface area contributed by atoms with Crippen LogP contribution < -0.4 is 10.6 Å². The molecule has 2 bridgehead atoms. The van der Waals surface area contributed by atoms with Crippen molar-refractivity contribution in [2.75, 3.05) is 11.9 Å². The first-order chi connectivity index (χ1) is 20.9. The van der Waals surface area contributed by atoms with Crippen LogP contribution in [0.25, 0.3) is 11.0 Å². The molecule has 7 rings (SSSR count). The van der Waals surface area contributed by atoms with Crippen molar-refractivity contribution in [3.05, 3.63) is 90.5 Å². The average molecular weight is 597 g/mol. The Bertz CT molecular complexity index is 1700. The van der Waals surface area contributed by atoms with Crippen molar-refractivity contribution in [1.29, 1.82) is 0 Å². The molecule has 3 amide bonds. The molecule has 3 aromatic carbocycles. The summed E-state index contributed by atoms with van der Waals surface area (Å²) in [7, 11) is 0. The highest BCUT2D eigenvalue weighted by Gasteiger charge is 2.77. The minimum atomic E-state index is -0.904. The Morgan fingerprint density at radius 1 is 1.00 bits per heavy atom. The zero-order chi connectivity index (χ0) is 29.8. The number of benzene rings is 3. The Morgan fingerprint density at radius 2 is 1.70 bits per heavy atom. The molecule has 220 valence electrons. The summed E-state index contributed by atoms with van der Waals surface area (Å²) >= 11 is 1.59. The number of aliphatic hydroxyl groups is 1. The van der Waals surface area contributed by atoms with Gasteiger partial charge in [0.2, 0.25) is 17.7 Å². The number of rotatable bonds is 8. The molecule has 1 aromatic heterocycles. The van der Waals surface area contributed by atoms with Gasteiger partial charge in [0.15, 0.2) is 0 Å². The van der Waals surface area contributed by atoms with Gasteiger partial charge >= 0.3 is 0 Å². The summed E-state index contributed by atoms with van der Waals surface area (Å²) in [5.74, 6) is -2.21. The SMILES string of the molecule is C[C@@]12CCC3(S1)C(C(=O)NCn1nnc4ccccc41)N([C@H](CO)c1ccccc1)C(=O)[C@@H]3[C@@H]2C(=O)Nc1ccccc1. The van der Waals surface area contributed by atoms with Gasteiger partial charge in [0.05, 0.1) is 34.7 Å². The van der Waals surface area contributed by atoms with Crippen LogP contribution in [0.2, 0.25) is 0 Å². The summed E-state index contributed by atoms with van der Waals surface area (Å²) < 4.78 is 0.259. The highest BCUT2D eigenvalue weighted by Crippen LogP contribution is 2.72. The fraction of sp³-hybridized carbons (Fsp3) is 0.344. The highest BCUT2D eigenvalue weighted by molar-refractivity contribution is 8.02. The first kappa shape index (κ1) is 27.6. The van der Waals surface area contributed by atoms with Crippen LogP contribution in [0.5, 0.6) is 0 Å². The van der Waals surface area contributed by atoms with Crippen LogP contribution in [0, 0.1) is 11.8 Å². The predicted molar refractivity (Wildman–Crippen MR) is 163 cm³/mol. The third-order valence-corrected chi connectivity index (χ3v) is 11.3. The number of nitrogens with one attached hydrogen (secondary N) is 2. The van der Waals surface area contributed by atoms with Crippen molar-refractivity contribution in [3.8, 4) is 0 Å². The third kappa shape index (κ3) is 4.32. The molecule has 2 unspecified atom stereocenters. The monoisotopic (exact) mass is 596 g/mol. The van der Waals surface area contributed by atoms with Gasteiger partial charge in [-0.1, -0.05) is 65.9 Å². The smallest absolute Gasteiger partial charge is 0.245 e. The molecule has 43 heavy (non-hydrogen) atoms. The van der Waals surface area contributed by atoms with Gasteiger partial charge < -0.3 is 20.6 Å². The molecule has 3 aliphatic heterocycles. The van der Waals surface area contributed by atoms with E-state index in [2.05, 4.69) is 20.9 Å². The summed E-state index contributed by atoms with van der Waals surface area (Å²) in [6, 6.07) is 24.3. The fourth-order valence-corrected chi connectivity index (χ4v) is 9.80. The van der Waals surface area contributed by atoms with Gasteiger partial charge in [-0.15, -0.1) is 16.9 Å². The highest BCUT2D eigenvalue weighted by atomic mass is 32.2. The number of likely N-dealkylation sites (tertiary alicyclic amines) is 1. The summed E-state index contributed by atoms with van der Waals surface area (Å²) in [6.07, 6.45) is 1.29. The normalized spacial score (nSPS) is 28.2. The molecule has 11 heteroatoms. The molecular formula is C32H32N6O4S. The van der Waals surface area contributed by atoms with Crippen molar-refractivity contribution in [1.82, 2.24) is 25.2 Å². The van der Waals surface area contributed by atoms with Crippen molar-refractivity contribution in [2.45, 2.75) is 48.0 Å². The standard InChI is InChI=1S/C32H32N6O4S/c1-31-16-17-32(43-31)26(25(31)28(40)34-21-12-6-3-7-13-21)30(42)38(24(18-39)20-10-4-2-5-11-20)27(32)29(41)33-19-37-23-15-9-8-14-22(23)35-36-37/h2-15,24-27,39H,16-19H2,1H3,(H,33,41)(H,34,40)/t24-,25-,26+,27?,31+,32?/m1/s1. The van der Waals surface area contributed by atoms with E-state index in [-0.39, 0.29) is 31.0 Å². The van der Waals surface area contributed by atoms with Gasteiger partial charge in [-0.2, -0.15) is 0 Å². The lowest BCUT2D eigenvalue weighted by atomic mass is 9.66. The number of para-hydroxylation sites is 2. The summed E-state index contributed by atoms with van der Waals surface area (Å²) in [5.41, 5.74) is 2.87. The third-order valence-electron chi connectivity index (χ3n) is 9.30. The summed E-state index contributed by atoms with van der Waals surface area (Å²) in [4.78, 5) is 44.4. The van der Waals surface area contributed by atoms with Crippen molar-refractivity contribution in [3.63, 3.8) is 0 Å². The molecule has 3 aliphatic rings. The number of carbonyl (C=O) groups is 3. The molecule has 6 atom stereocenters. The Hall–Kier alpha value is -4.22. The second-order valence-electron chi connectivity index (χ2n) is 11.7. The van der Waals surface area contributed by atoms with E-state index in [0.29, 0.717) is 24.0 Å². The molecule has 0 saturated carbocycles. The summed E-state index contributed by atoms with van der Waals surface area (Å²) in [5, 5.41) is 25.1. The predicted octanol–water partition coefficient (Wildman–Crippen LogP) is 3.36. The number of nitrogens with zero attached hydrogens (tertiary/aromatic N) is 4. The van der Waals surface area contributed by atoms with Crippen molar-refractivity contribution in [2.24, 2.45) is 11.8 Å². The number of hydrogen-bond acceptors (Lipinski definition) is 7. The van der Waals surface area contributed by atoms with E-state index in [1.807, 2.05) is 91.9 Å². The van der Waals surface area contributed by atoms with Gasteiger partial charge in [-0.05, 0) is 49.6 Å². The van der Waals surface area contributed by atoms with Crippen LogP contribution in [0.1, 0.15) is 31.4 Å². The minimum Gasteiger partial charge on any atom is -0.394 e. The quantitative estimate of drug-likeness (QED) is 0.285. The fourth-order valence-electron chi connectivity index (χ4n) is 7.45. The second kappa shape index (κ2) is 10.5. The Balaban J connectivity index is 1.26. The zero-order valence-corrected chi connectivity index (χ0v) is 24.4. The molecule has 3 saturated heterocycles. The number of carbonyl (C=O) groups excluding carboxylic acids is 3. The van der Waals surface area contributed by atoms with E-state index in [0.717, 1.165) is 11.1 Å². The molecule has 3 N–H and O–H groups in total. The van der Waals surface area contributed by atoms with Crippen LogP contribution in [-0.2, 0) is 21.1 Å². The Labute approximate surface area is 252 Å². The van der Waals surface area contributed by atoms with Crippen LogP contribution >= 0.6 is 11.8 Å². The number of thioether (sulfide) groups is 1. The number of amides is 3. The van der Waals surface area contributed by atoms with Crippen LogP contribution in [0.3, 0.4) is 0 Å². The van der Waals surface area contributed by atoms with E-state index in [1.165, 1.54) is 0 Å². The lowest BCUT2D eigenvalue weighted by Crippen LogP contribution is -2.54. The molecule has 10 nitrogen and oxygen atoms in total. The largest absolute Gasteiger partial charge is 0.394 e. The van der Waals surface area contributed by atoms with Crippen LogP contribution in [0.4, 0.5) is 5.69 Å². The molecule has 3 fully saturated rings. The van der Waals surface area contributed by atoms with E-state index in [9.17, 15) is 19.5 Å². The van der Waals surface area contributed by atoms with Gasteiger partial charge in [0.1, 0.15) is 18.2 Å². The number of hydrogen-bond donors (Lipinski definition) is 3. The molecular weight excluding hydrogens is 564 g/mol. The van der Waals surface area contributed by atoms with E-state index < -0.39 is 33.4 Å². The second-order valence-corrected chi connectivity index (χ2v) is 13.6. The maximum atomic E-state index is 14.6. The number of aromatic nitrogens is 3. The molecule has 4 aromatic rings. The van der Waals surface area contributed by atoms with Crippen molar-refractivity contribution < 1.29 is 19.5 Å². The Morgan fingerprint density at radius 3 is 2.44 bits per heavy atom. The van der Waals surface area contributed by atoms with Gasteiger partial charge in [0.25, 0.3) is 0 Å². The van der Waals surface area contributed by atoms with E-state index >= 15 is 0 Å². The van der Waals surface area contributed by atoms with Crippen LogP contribution in [-0.4, -0.2) is 64.9 Å². The lowest BCUT2D eigenvalue weighted by Gasteiger charge is -2.37. The van der Waals surface area contributed by atoms with E-state index in [4.69, 9.17) is 0 Å².